The Balaban J connectivity index is 1.87. The van der Waals surface area contributed by atoms with E-state index in [1.165, 1.54) is 6.42 Å². The molecule has 1 aromatic heterocycles. The summed E-state index contributed by atoms with van der Waals surface area (Å²) in [6, 6.07) is 2.56. The number of aromatic nitrogens is 1. The van der Waals surface area contributed by atoms with E-state index in [4.69, 9.17) is 4.52 Å². The lowest BCUT2D eigenvalue weighted by Gasteiger charge is -2.36. The molecule has 0 aliphatic carbocycles. The molecule has 1 saturated heterocycles. The van der Waals surface area contributed by atoms with Gasteiger partial charge in [0.1, 0.15) is 6.26 Å². The summed E-state index contributed by atoms with van der Waals surface area (Å²) in [7, 11) is 0. The van der Waals surface area contributed by atoms with Gasteiger partial charge in [-0.2, -0.15) is 0 Å². The summed E-state index contributed by atoms with van der Waals surface area (Å²) in [6.45, 7) is 8.76. The third kappa shape index (κ3) is 2.83. The molecular formula is C12H21N3O. The molecule has 4 heteroatoms. The average molecular weight is 223 g/mol. The van der Waals surface area contributed by atoms with Crippen molar-refractivity contribution in [1.82, 2.24) is 15.4 Å². The smallest absolute Gasteiger partial charge is 0.124 e. The number of nitrogens with one attached hydrogen (secondary N) is 1. The van der Waals surface area contributed by atoms with Gasteiger partial charge in [-0.3, -0.25) is 4.90 Å². The minimum Gasteiger partial charge on any atom is -0.364 e. The van der Waals surface area contributed by atoms with Gasteiger partial charge in [-0.05, 0) is 5.92 Å². The highest BCUT2D eigenvalue weighted by molar-refractivity contribution is 4.96. The zero-order valence-electron chi connectivity index (χ0n) is 10.1. The molecule has 2 rings (SSSR count). The van der Waals surface area contributed by atoms with Crippen LogP contribution in [0.25, 0.3) is 0 Å². The predicted octanol–water partition coefficient (Wildman–Crippen LogP) is 1.49. The molecule has 0 bridgehead atoms. The summed E-state index contributed by atoms with van der Waals surface area (Å²) in [6.07, 6.45) is 2.87. The van der Waals surface area contributed by atoms with E-state index in [-0.39, 0.29) is 0 Å². The minimum absolute atomic E-state index is 0.616. The first-order chi connectivity index (χ1) is 7.79. The second-order valence-corrected chi connectivity index (χ2v) is 4.67. The third-order valence-electron chi connectivity index (χ3n) is 3.50. The highest BCUT2D eigenvalue weighted by Gasteiger charge is 2.23. The van der Waals surface area contributed by atoms with Crippen LogP contribution in [0.15, 0.2) is 16.9 Å². The fourth-order valence-electron chi connectivity index (χ4n) is 2.20. The van der Waals surface area contributed by atoms with Crippen LogP contribution < -0.4 is 5.32 Å². The molecule has 1 aromatic rings. The molecule has 2 unspecified atom stereocenters. The van der Waals surface area contributed by atoms with Gasteiger partial charge in [0.15, 0.2) is 0 Å². The molecule has 0 aromatic carbocycles. The maximum atomic E-state index is 4.86. The second-order valence-electron chi connectivity index (χ2n) is 4.67. The van der Waals surface area contributed by atoms with Gasteiger partial charge in [0.25, 0.3) is 0 Å². The van der Waals surface area contributed by atoms with Crippen LogP contribution in [0, 0.1) is 5.92 Å². The summed E-state index contributed by atoms with van der Waals surface area (Å²) < 4.78 is 4.86. The van der Waals surface area contributed by atoms with E-state index in [9.17, 15) is 0 Å². The Morgan fingerprint density at radius 1 is 1.69 bits per heavy atom. The molecule has 1 aliphatic rings. The standard InChI is InChI=1S/C12H21N3O/c1-3-10(2)12-9-15(6-5-13-12)8-11-4-7-16-14-11/h4,7,10,12-13H,3,5-6,8-9H2,1-2H3. The maximum Gasteiger partial charge on any atom is 0.124 e. The largest absolute Gasteiger partial charge is 0.364 e. The van der Waals surface area contributed by atoms with Gasteiger partial charge in [-0.1, -0.05) is 25.4 Å². The molecule has 0 saturated carbocycles. The predicted molar refractivity (Wildman–Crippen MR) is 63.0 cm³/mol. The third-order valence-corrected chi connectivity index (χ3v) is 3.50. The van der Waals surface area contributed by atoms with Crippen LogP contribution in [0.4, 0.5) is 0 Å². The summed E-state index contributed by atoms with van der Waals surface area (Å²) in [5.74, 6) is 0.736. The van der Waals surface area contributed by atoms with E-state index in [1.54, 1.807) is 6.26 Å². The van der Waals surface area contributed by atoms with E-state index in [1.807, 2.05) is 6.07 Å². The normalized spacial score (nSPS) is 24.5. The van der Waals surface area contributed by atoms with Gasteiger partial charge in [-0.15, -0.1) is 0 Å². The zero-order chi connectivity index (χ0) is 11.4. The number of hydrogen-bond acceptors (Lipinski definition) is 4. The number of hydrogen-bond donors (Lipinski definition) is 1. The fraction of sp³-hybridized carbons (Fsp3) is 0.750. The first kappa shape index (κ1) is 11.6. The molecule has 2 atom stereocenters. The van der Waals surface area contributed by atoms with Gasteiger partial charge >= 0.3 is 0 Å². The van der Waals surface area contributed by atoms with Crippen molar-refractivity contribution in [1.29, 1.82) is 0 Å². The Bertz CT molecular complexity index is 299. The van der Waals surface area contributed by atoms with Crippen molar-refractivity contribution in [2.75, 3.05) is 19.6 Å². The molecule has 1 aliphatic heterocycles. The Hall–Kier alpha value is -0.870. The highest BCUT2D eigenvalue weighted by atomic mass is 16.5. The Labute approximate surface area is 97.0 Å². The highest BCUT2D eigenvalue weighted by Crippen LogP contribution is 2.13. The van der Waals surface area contributed by atoms with Crippen LogP contribution in [0.3, 0.4) is 0 Å². The monoisotopic (exact) mass is 223 g/mol. The topological polar surface area (TPSA) is 41.3 Å². The summed E-state index contributed by atoms with van der Waals surface area (Å²) in [5, 5.41) is 7.56. The van der Waals surface area contributed by atoms with Gasteiger partial charge in [-0.25, -0.2) is 0 Å². The quantitative estimate of drug-likeness (QED) is 0.839. The van der Waals surface area contributed by atoms with Crippen LogP contribution in [0.2, 0.25) is 0 Å². The number of piperazine rings is 1. The van der Waals surface area contributed by atoms with E-state index in [2.05, 4.69) is 29.2 Å². The van der Waals surface area contributed by atoms with E-state index in [0.717, 1.165) is 37.8 Å². The van der Waals surface area contributed by atoms with E-state index >= 15 is 0 Å². The first-order valence-corrected chi connectivity index (χ1v) is 6.14. The van der Waals surface area contributed by atoms with Crippen molar-refractivity contribution in [2.45, 2.75) is 32.9 Å². The molecule has 1 fully saturated rings. The second kappa shape index (κ2) is 5.46. The van der Waals surface area contributed by atoms with Crippen LogP contribution in [-0.2, 0) is 6.54 Å². The lowest BCUT2D eigenvalue weighted by atomic mass is 9.97. The number of rotatable bonds is 4. The van der Waals surface area contributed by atoms with Crippen molar-refractivity contribution < 1.29 is 4.52 Å². The van der Waals surface area contributed by atoms with Crippen LogP contribution in [-0.4, -0.2) is 35.7 Å². The molecule has 0 spiro atoms. The minimum atomic E-state index is 0.616. The van der Waals surface area contributed by atoms with Crippen molar-refractivity contribution in [3.05, 3.63) is 18.0 Å². The van der Waals surface area contributed by atoms with Crippen molar-refractivity contribution >= 4 is 0 Å². The molecule has 0 amide bonds. The van der Waals surface area contributed by atoms with Gasteiger partial charge in [0.05, 0.1) is 5.69 Å². The maximum absolute atomic E-state index is 4.86. The molecule has 4 nitrogen and oxygen atoms in total. The van der Waals surface area contributed by atoms with Crippen molar-refractivity contribution in [2.24, 2.45) is 5.92 Å². The van der Waals surface area contributed by atoms with Gasteiger partial charge in [0, 0.05) is 38.3 Å². The van der Waals surface area contributed by atoms with Crippen molar-refractivity contribution in [3.63, 3.8) is 0 Å². The molecule has 1 N–H and O–H groups in total. The Morgan fingerprint density at radius 2 is 2.56 bits per heavy atom. The molecule has 0 radical (unpaired) electrons. The number of nitrogens with zero attached hydrogens (tertiary/aromatic N) is 2. The zero-order valence-corrected chi connectivity index (χ0v) is 10.1. The Kier molecular flexibility index (Phi) is 3.96. The Morgan fingerprint density at radius 3 is 3.25 bits per heavy atom. The molecule has 2 heterocycles. The van der Waals surface area contributed by atoms with Crippen molar-refractivity contribution in [3.8, 4) is 0 Å². The van der Waals surface area contributed by atoms with E-state index in [0.29, 0.717) is 6.04 Å². The lowest BCUT2D eigenvalue weighted by Crippen LogP contribution is -2.52. The molecule has 90 valence electrons. The van der Waals surface area contributed by atoms with Gasteiger partial charge < -0.3 is 9.84 Å². The summed E-state index contributed by atoms with van der Waals surface area (Å²) in [5.41, 5.74) is 1.03. The lowest BCUT2D eigenvalue weighted by molar-refractivity contribution is 0.159. The SMILES string of the molecule is CCC(C)C1CN(Cc2ccon2)CCN1. The van der Waals surface area contributed by atoms with E-state index < -0.39 is 0 Å². The van der Waals surface area contributed by atoms with Crippen LogP contribution >= 0.6 is 0 Å². The summed E-state index contributed by atoms with van der Waals surface area (Å²) >= 11 is 0. The fourth-order valence-corrected chi connectivity index (χ4v) is 2.20. The van der Waals surface area contributed by atoms with Crippen LogP contribution in [0.1, 0.15) is 26.0 Å². The molecular weight excluding hydrogens is 202 g/mol. The van der Waals surface area contributed by atoms with Crippen LogP contribution in [0.5, 0.6) is 0 Å². The summed E-state index contributed by atoms with van der Waals surface area (Å²) in [4.78, 5) is 2.45. The first-order valence-electron chi connectivity index (χ1n) is 6.14. The molecule has 16 heavy (non-hydrogen) atoms. The average Bonchev–Trinajstić information content (AvgIpc) is 2.81. The van der Waals surface area contributed by atoms with Gasteiger partial charge in [0.2, 0.25) is 0 Å².